The second kappa shape index (κ2) is 6.60. The standard InChI is InChI=1S/C16H18F2O/c17-14-10-6-9-13(16(14)18)11-15(19)12-7-4-2-1-3-5-8-12/h6-7,9-10H,1-5,8,11H2/b12-7+. The van der Waals surface area contributed by atoms with Crippen molar-refractivity contribution in [3.63, 3.8) is 0 Å². The van der Waals surface area contributed by atoms with Gasteiger partial charge >= 0.3 is 0 Å². The maximum atomic E-state index is 13.5. The van der Waals surface area contributed by atoms with E-state index in [1.807, 2.05) is 6.08 Å². The van der Waals surface area contributed by atoms with E-state index in [9.17, 15) is 13.6 Å². The van der Waals surface area contributed by atoms with Crippen LogP contribution in [0.1, 0.15) is 44.1 Å². The molecule has 19 heavy (non-hydrogen) atoms. The van der Waals surface area contributed by atoms with Gasteiger partial charge in [-0.15, -0.1) is 0 Å². The van der Waals surface area contributed by atoms with Crippen molar-refractivity contribution in [1.29, 1.82) is 0 Å². The van der Waals surface area contributed by atoms with E-state index in [2.05, 4.69) is 0 Å². The highest BCUT2D eigenvalue weighted by Crippen LogP contribution is 2.20. The summed E-state index contributed by atoms with van der Waals surface area (Å²) in [4.78, 5) is 12.1. The van der Waals surface area contributed by atoms with E-state index in [0.29, 0.717) is 0 Å². The van der Waals surface area contributed by atoms with Gasteiger partial charge in [0.15, 0.2) is 17.4 Å². The fraction of sp³-hybridized carbons (Fsp3) is 0.438. The third kappa shape index (κ3) is 3.72. The van der Waals surface area contributed by atoms with Gasteiger partial charge in [-0.1, -0.05) is 31.1 Å². The van der Waals surface area contributed by atoms with Crippen molar-refractivity contribution in [2.45, 2.75) is 44.9 Å². The molecule has 0 aliphatic heterocycles. The van der Waals surface area contributed by atoms with Crippen LogP contribution >= 0.6 is 0 Å². The Bertz CT molecular complexity index is 492. The maximum absolute atomic E-state index is 13.5. The van der Waals surface area contributed by atoms with Crippen molar-refractivity contribution in [3.05, 3.63) is 47.0 Å². The molecule has 1 aliphatic rings. The molecule has 0 heterocycles. The first kappa shape index (κ1) is 13.9. The zero-order valence-corrected chi connectivity index (χ0v) is 10.9. The lowest BCUT2D eigenvalue weighted by Crippen LogP contribution is -2.09. The smallest absolute Gasteiger partial charge is 0.163 e. The summed E-state index contributed by atoms with van der Waals surface area (Å²) in [5.41, 5.74) is 0.927. The van der Waals surface area contributed by atoms with Gasteiger partial charge in [0.05, 0.1) is 0 Å². The Balaban J connectivity index is 2.09. The van der Waals surface area contributed by atoms with Crippen molar-refractivity contribution in [3.8, 4) is 0 Å². The predicted molar refractivity (Wildman–Crippen MR) is 70.9 cm³/mol. The van der Waals surface area contributed by atoms with Crippen molar-refractivity contribution >= 4 is 5.78 Å². The first-order valence-corrected chi connectivity index (χ1v) is 6.83. The first-order chi connectivity index (χ1) is 9.18. The molecule has 0 aromatic heterocycles. The lowest BCUT2D eigenvalue weighted by atomic mass is 9.94. The van der Waals surface area contributed by atoms with Crippen LogP contribution in [0.2, 0.25) is 0 Å². The molecule has 0 unspecified atom stereocenters. The Morgan fingerprint density at radius 2 is 1.89 bits per heavy atom. The summed E-state index contributed by atoms with van der Waals surface area (Å²) in [6, 6.07) is 3.98. The van der Waals surface area contributed by atoms with Gasteiger partial charge in [0.25, 0.3) is 0 Å². The number of allylic oxidation sites excluding steroid dienone is 2. The average Bonchev–Trinajstić information content (AvgIpc) is 2.34. The Morgan fingerprint density at radius 3 is 2.74 bits per heavy atom. The second-order valence-electron chi connectivity index (χ2n) is 5.00. The van der Waals surface area contributed by atoms with Crippen molar-refractivity contribution in [1.82, 2.24) is 0 Å². The van der Waals surface area contributed by atoms with Crippen LogP contribution in [0.4, 0.5) is 8.78 Å². The van der Waals surface area contributed by atoms with Crippen molar-refractivity contribution in [2.75, 3.05) is 0 Å². The number of rotatable bonds is 3. The summed E-state index contributed by atoms with van der Waals surface area (Å²) >= 11 is 0. The van der Waals surface area contributed by atoms with Gasteiger partial charge in [0.1, 0.15) is 0 Å². The quantitative estimate of drug-likeness (QED) is 0.793. The topological polar surface area (TPSA) is 17.1 Å². The van der Waals surface area contributed by atoms with E-state index in [-0.39, 0.29) is 17.8 Å². The summed E-state index contributed by atoms with van der Waals surface area (Å²) in [6.07, 6.45) is 8.04. The normalized spacial score (nSPS) is 19.2. The lowest BCUT2D eigenvalue weighted by molar-refractivity contribution is -0.115. The summed E-state index contributed by atoms with van der Waals surface area (Å²) < 4.78 is 26.6. The van der Waals surface area contributed by atoms with Crippen LogP contribution in [-0.2, 0) is 11.2 Å². The van der Waals surface area contributed by atoms with Gasteiger partial charge in [-0.2, -0.15) is 0 Å². The molecule has 0 bridgehead atoms. The monoisotopic (exact) mass is 264 g/mol. The van der Waals surface area contributed by atoms with Gasteiger partial charge in [0.2, 0.25) is 0 Å². The molecule has 0 atom stereocenters. The molecule has 0 saturated carbocycles. The fourth-order valence-electron chi connectivity index (χ4n) is 2.42. The molecule has 1 aromatic rings. The third-order valence-corrected chi connectivity index (χ3v) is 3.53. The summed E-state index contributed by atoms with van der Waals surface area (Å²) in [6.45, 7) is 0. The second-order valence-corrected chi connectivity index (χ2v) is 5.00. The lowest BCUT2D eigenvalue weighted by Gasteiger charge is -2.11. The zero-order valence-electron chi connectivity index (χ0n) is 10.9. The van der Waals surface area contributed by atoms with E-state index in [4.69, 9.17) is 0 Å². The molecule has 2 rings (SSSR count). The molecule has 0 N–H and O–H groups in total. The molecule has 0 radical (unpaired) electrons. The number of carbonyl (C=O) groups is 1. The number of halogens is 2. The molecule has 0 fully saturated rings. The van der Waals surface area contributed by atoms with E-state index in [0.717, 1.165) is 43.7 Å². The molecule has 3 heteroatoms. The molecule has 102 valence electrons. The Morgan fingerprint density at radius 1 is 1.11 bits per heavy atom. The van der Waals surface area contributed by atoms with Crippen molar-refractivity contribution in [2.24, 2.45) is 0 Å². The Kier molecular flexibility index (Phi) is 4.83. The summed E-state index contributed by atoms with van der Waals surface area (Å²) in [5, 5.41) is 0. The average molecular weight is 264 g/mol. The minimum atomic E-state index is -0.901. The molecule has 0 saturated heterocycles. The van der Waals surface area contributed by atoms with Gasteiger partial charge in [-0.25, -0.2) is 8.78 Å². The molecule has 1 aromatic carbocycles. The fourth-order valence-corrected chi connectivity index (χ4v) is 2.42. The highest BCUT2D eigenvalue weighted by molar-refractivity contribution is 5.96. The largest absolute Gasteiger partial charge is 0.294 e. The van der Waals surface area contributed by atoms with E-state index < -0.39 is 11.6 Å². The van der Waals surface area contributed by atoms with E-state index >= 15 is 0 Å². The van der Waals surface area contributed by atoms with Crippen LogP contribution in [0.5, 0.6) is 0 Å². The SMILES string of the molecule is O=C(Cc1cccc(F)c1F)/C1=C/CCCCCC1. The number of carbonyl (C=O) groups excluding carboxylic acids is 1. The number of benzene rings is 1. The van der Waals surface area contributed by atoms with Crippen LogP contribution in [0.25, 0.3) is 0 Å². The molecular weight excluding hydrogens is 246 g/mol. The summed E-state index contributed by atoms with van der Waals surface area (Å²) in [7, 11) is 0. The molecule has 1 nitrogen and oxygen atoms in total. The minimum Gasteiger partial charge on any atom is -0.294 e. The maximum Gasteiger partial charge on any atom is 0.163 e. The van der Waals surface area contributed by atoms with Gasteiger partial charge in [-0.3, -0.25) is 4.79 Å². The first-order valence-electron chi connectivity index (χ1n) is 6.83. The summed E-state index contributed by atoms with van der Waals surface area (Å²) in [5.74, 6) is -1.87. The predicted octanol–water partition coefficient (Wildman–Crippen LogP) is 4.36. The highest BCUT2D eigenvalue weighted by Gasteiger charge is 2.15. The Hall–Kier alpha value is -1.51. The van der Waals surface area contributed by atoms with Crippen LogP contribution in [0.3, 0.4) is 0 Å². The van der Waals surface area contributed by atoms with E-state index in [1.165, 1.54) is 18.6 Å². The van der Waals surface area contributed by atoms with Crippen LogP contribution < -0.4 is 0 Å². The molecular formula is C16H18F2O. The van der Waals surface area contributed by atoms with Crippen molar-refractivity contribution < 1.29 is 13.6 Å². The highest BCUT2D eigenvalue weighted by atomic mass is 19.2. The van der Waals surface area contributed by atoms with Crippen LogP contribution in [0, 0.1) is 11.6 Å². The molecule has 1 aliphatic carbocycles. The number of hydrogen-bond donors (Lipinski definition) is 0. The zero-order chi connectivity index (χ0) is 13.7. The van der Waals surface area contributed by atoms with Gasteiger partial charge < -0.3 is 0 Å². The molecule has 0 amide bonds. The Labute approximate surface area is 112 Å². The number of ketones is 1. The number of Topliss-reactive ketones (excluding diaryl/α,β-unsaturated/α-hetero) is 1. The molecule has 0 spiro atoms. The van der Waals surface area contributed by atoms with Gasteiger partial charge in [0, 0.05) is 6.42 Å². The van der Waals surface area contributed by atoms with Crippen LogP contribution in [0.15, 0.2) is 29.8 Å². The van der Waals surface area contributed by atoms with E-state index in [1.54, 1.807) is 0 Å². The number of hydrogen-bond acceptors (Lipinski definition) is 1. The van der Waals surface area contributed by atoms with Crippen LogP contribution in [-0.4, -0.2) is 5.78 Å². The third-order valence-electron chi connectivity index (χ3n) is 3.53. The van der Waals surface area contributed by atoms with Gasteiger partial charge in [-0.05, 0) is 42.9 Å². The minimum absolute atomic E-state index is 0.0462.